The fourth-order valence-corrected chi connectivity index (χ4v) is 2.09. The van der Waals surface area contributed by atoms with Crippen LogP contribution in [0.3, 0.4) is 0 Å². The van der Waals surface area contributed by atoms with Crippen LogP contribution in [0.2, 0.25) is 0 Å². The SMILES string of the molecule is CCc1nc(NC)c(C)c(-c2cc(F)ccc2OC)n1. The number of benzene rings is 1. The molecule has 0 amide bonds. The van der Waals surface area contributed by atoms with Gasteiger partial charge in [-0.15, -0.1) is 0 Å². The Balaban J connectivity index is 2.71. The molecule has 0 aliphatic heterocycles. The number of nitrogens with one attached hydrogen (secondary N) is 1. The molecule has 4 nitrogen and oxygen atoms in total. The van der Waals surface area contributed by atoms with Gasteiger partial charge in [0.25, 0.3) is 0 Å². The highest BCUT2D eigenvalue weighted by Gasteiger charge is 2.15. The molecule has 106 valence electrons. The van der Waals surface area contributed by atoms with Gasteiger partial charge >= 0.3 is 0 Å². The zero-order chi connectivity index (χ0) is 14.7. The van der Waals surface area contributed by atoms with Crippen LogP contribution in [-0.4, -0.2) is 24.1 Å². The summed E-state index contributed by atoms with van der Waals surface area (Å²) in [6, 6.07) is 4.42. The van der Waals surface area contributed by atoms with Crippen molar-refractivity contribution in [3.63, 3.8) is 0 Å². The van der Waals surface area contributed by atoms with Crippen molar-refractivity contribution in [3.8, 4) is 17.0 Å². The molecule has 0 saturated carbocycles. The summed E-state index contributed by atoms with van der Waals surface area (Å²) in [5.41, 5.74) is 2.20. The van der Waals surface area contributed by atoms with Crippen molar-refractivity contribution in [2.45, 2.75) is 20.3 Å². The number of methoxy groups -OCH3 is 1. The van der Waals surface area contributed by atoms with Gasteiger partial charge in [-0.25, -0.2) is 14.4 Å². The van der Waals surface area contributed by atoms with Gasteiger partial charge in [0.1, 0.15) is 23.2 Å². The van der Waals surface area contributed by atoms with Gasteiger partial charge in [0.2, 0.25) is 0 Å². The van der Waals surface area contributed by atoms with E-state index < -0.39 is 0 Å². The molecule has 0 radical (unpaired) electrons. The summed E-state index contributed by atoms with van der Waals surface area (Å²) in [5.74, 6) is 1.74. The van der Waals surface area contributed by atoms with E-state index in [1.54, 1.807) is 20.2 Å². The number of hydrogen-bond acceptors (Lipinski definition) is 4. The highest BCUT2D eigenvalue weighted by Crippen LogP contribution is 2.33. The molecule has 0 saturated heterocycles. The Hall–Kier alpha value is -2.17. The molecule has 2 aromatic rings. The number of anilines is 1. The van der Waals surface area contributed by atoms with Crippen LogP contribution in [0.15, 0.2) is 18.2 Å². The highest BCUT2D eigenvalue weighted by molar-refractivity contribution is 5.73. The van der Waals surface area contributed by atoms with Crippen molar-refractivity contribution >= 4 is 5.82 Å². The number of rotatable bonds is 4. The summed E-state index contributed by atoms with van der Waals surface area (Å²) in [7, 11) is 3.37. The highest BCUT2D eigenvalue weighted by atomic mass is 19.1. The van der Waals surface area contributed by atoms with Crippen LogP contribution in [0.25, 0.3) is 11.3 Å². The first-order valence-electron chi connectivity index (χ1n) is 6.49. The minimum atomic E-state index is -0.317. The van der Waals surface area contributed by atoms with Crippen LogP contribution >= 0.6 is 0 Å². The van der Waals surface area contributed by atoms with E-state index in [-0.39, 0.29) is 5.82 Å². The van der Waals surface area contributed by atoms with Crippen LogP contribution in [0.5, 0.6) is 5.75 Å². The average Bonchev–Trinajstić information content (AvgIpc) is 2.47. The number of hydrogen-bond donors (Lipinski definition) is 1. The summed E-state index contributed by atoms with van der Waals surface area (Å²) in [4.78, 5) is 8.94. The molecule has 1 aromatic heterocycles. The summed E-state index contributed by atoms with van der Waals surface area (Å²) >= 11 is 0. The Bertz CT molecular complexity index is 629. The number of aromatic nitrogens is 2. The van der Waals surface area contributed by atoms with E-state index in [1.165, 1.54) is 12.1 Å². The summed E-state index contributed by atoms with van der Waals surface area (Å²) in [6.07, 6.45) is 0.708. The lowest BCUT2D eigenvalue weighted by Crippen LogP contribution is -2.05. The third-order valence-electron chi connectivity index (χ3n) is 3.16. The molecule has 1 N–H and O–H groups in total. The third-order valence-corrected chi connectivity index (χ3v) is 3.16. The molecule has 1 aromatic carbocycles. The van der Waals surface area contributed by atoms with Crippen LogP contribution in [-0.2, 0) is 6.42 Å². The zero-order valence-corrected chi connectivity index (χ0v) is 12.1. The van der Waals surface area contributed by atoms with Gasteiger partial charge in [0.05, 0.1) is 12.8 Å². The molecule has 0 aliphatic rings. The third kappa shape index (κ3) is 2.57. The molecular weight excluding hydrogens is 257 g/mol. The number of aryl methyl sites for hydroxylation is 1. The second-order valence-electron chi connectivity index (χ2n) is 4.41. The molecule has 20 heavy (non-hydrogen) atoms. The maximum Gasteiger partial charge on any atom is 0.133 e. The predicted octanol–water partition coefficient (Wildman–Crippen LogP) is 3.20. The number of halogens is 1. The van der Waals surface area contributed by atoms with Crippen molar-refractivity contribution < 1.29 is 9.13 Å². The fraction of sp³-hybridized carbons (Fsp3) is 0.333. The Morgan fingerprint density at radius 1 is 1.30 bits per heavy atom. The van der Waals surface area contributed by atoms with E-state index in [1.807, 2.05) is 13.8 Å². The largest absolute Gasteiger partial charge is 0.496 e. The quantitative estimate of drug-likeness (QED) is 0.930. The van der Waals surface area contributed by atoms with E-state index in [4.69, 9.17) is 4.74 Å². The Morgan fingerprint density at radius 3 is 2.65 bits per heavy atom. The number of ether oxygens (including phenoxy) is 1. The van der Waals surface area contributed by atoms with Gasteiger partial charge in [0.15, 0.2) is 0 Å². The van der Waals surface area contributed by atoms with Crippen LogP contribution in [0.1, 0.15) is 18.3 Å². The van der Waals surface area contributed by atoms with E-state index >= 15 is 0 Å². The second kappa shape index (κ2) is 5.86. The fourth-order valence-electron chi connectivity index (χ4n) is 2.09. The first-order chi connectivity index (χ1) is 9.60. The first-order valence-corrected chi connectivity index (χ1v) is 6.49. The van der Waals surface area contributed by atoms with Crippen LogP contribution in [0, 0.1) is 12.7 Å². The second-order valence-corrected chi connectivity index (χ2v) is 4.41. The van der Waals surface area contributed by atoms with Gasteiger partial charge < -0.3 is 10.1 Å². The zero-order valence-electron chi connectivity index (χ0n) is 12.1. The molecule has 0 aliphatic carbocycles. The maximum absolute atomic E-state index is 13.6. The lowest BCUT2D eigenvalue weighted by Gasteiger charge is -2.14. The van der Waals surface area contributed by atoms with E-state index in [9.17, 15) is 4.39 Å². The summed E-state index contributed by atoms with van der Waals surface area (Å²) in [5, 5.41) is 3.05. The molecule has 0 fully saturated rings. The van der Waals surface area contributed by atoms with Gasteiger partial charge in [-0.05, 0) is 25.1 Å². The molecule has 1 heterocycles. The summed E-state index contributed by atoms with van der Waals surface area (Å²) < 4.78 is 18.9. The minimum absolute atomic E-state index is 0.317. The van der Waals surface area contributed by atoms with Crippen molar-refractivity contribution in [3.05, 3.63) is 35.4 Å². The molecule has 0 unspecified atom stereocenters. The minimum Gasteiger partial charge on any atom is -0.496 e. The van der Waals surface area contributed by atoms with Gasteiger partial charge in [0, 0.05) is 24.6 Å². The Kier molecular flexibility index (Phi) is 4.17. The van der Waals surface area contributed by atoms with E-state index in [2.05, 4.69) is 15.3 Å². The first kappa shape index (κ1) is 14.2. The van der Waals surface area contributed by atoms with E-state index in [0.717, 1.165) is 11.4 Å². The van der Waals surface area contributed by atoms with Crippen LogP contribution in [0.4, 0.5) is 10.2 Å². The van der Waals surface area contributed by atoms with Gasteiger partial charge in [-0.3, -0.25) is 0 Å². The molecule has 0 bridgehead atoms. The van der Waals surface area contributed by atoms with E-state index in [0.29, 0.717) is 29.3 Å². The van der Waals surface area contributed by atoms with Crippen LogP contribution < -0.4 is 10.1 Å². The average molecular weight is 275 g/mol. The van der Waals surface area contributed by atoms with Crippen molar-refractivity contribution in [2.24, 2.45) is 0 Å². The maximum atomic E-state index is 13.6. The lowest BCUT2D eigenvalue weighted by atomic mass is 10.1. The molecule has 0 spiro atoms. The van der Waals surface area contributed by atoms with Gasteiger partial charge in [-0.2, -0.15) is 0 Å². The number of nitrogens with zero attached hydrogens (tertiary/aromatic N) is 2. The van der Waals surface area contributed by atoms with Crippen molar-refractivity contribution in [2.75, 3.05) is 19.5 Å². The van der Waals surface area contributed by atoms with Crippen molar-refractivity contribution in [1.82, 2.24) is 9.97 Å². The van der Waals surface area contributed by atoms with Crippen molar-refractivity contribution in [1.29, 1.82) is 0 Å². The normalized spacial score (nSPS) is 10.4. The molecular formula is C15H18FN3O. The molecule has 0 atom stereocenters. The summed E-state index contributed by atoms with van der Waals surface area (Å²) in [6.45, 7) is 3.89. The molecule has 2 rings (SSSR count). The lowest BCUT2D eigenvalue weighted by molar-refractivity contribution is 0.415. The Morgan fingerprint density at radius 2 is 2.05 bits per heavy atom. The smallest absolute Gasteiger partial charge is 0.133 e. The topological polar surface area (TPSA) is 47.0 Å². The molecule has 5 heteroatoms. The standard InChI is InChI=1S/C15H18FN3O/c1-5-13-18-14(9(2)15(17-3)19-13)11-8-10(16)6-7-12(11)20-4/h6-8H,5H2,1-4H3,(H,17,18,19). The van der Waals surface area contributed by atoms with Gasteiger partial charge in [-0.1, -0.05) is 6.92 Å². The Labute approximate surface area is 118 Å². The predicted molar refractivity (Wildman–Crippen MR) is 77.6 cm³/mol. The monoisotopic (exact) mass is 275 g/mol.